The Kier molecular flexibility index (Phi) is 8.18. The van der Waals surface area contributed by atoms with Gasteiger partial charge < -0.3 is 18.9 Å². The molecule has 4 nitrogen and oxygen atoms in total. The molecular formula is C53H45BN4. The maximum absolute atomic E-state index is 2.63. The van der Waals surface area contributed by atoms with Crippen LogP contribution in [-0.4, -0.2) is 15.8 Å². The van der Waals surface area contributed by atoms with E-state index in [0.717, 1.165) is 48.4 Å². The summed E-state index contributed by atoms with van der Waals surface area (Å²) in [6.07, 6.45) is 4.00. The van der Waals surface area contributed by atoms with Crippen LogP contribution in [0.25, 0.3) is 33.2 Å². The van der Waals surface area contributed by atoms with E-state index in [1.807, 2.05) is 0 Å². The third kappa shape index (κ3) is 5.09. The Balaban J connectivity index is 1.22. The summed E-state index contributed by atoms with van der Waals surface area (Å²) in [5.74, 6) is 0. The summed E-state index contributed by atoms with van der Waals surface area (Å²) in [5, 5.41) is 2.58. The number of anilines is 6. The number of fused-ring (bicyclic) bond motifs is 4. The van der Waals surface area contributed by atoms with Crippen LogP contribution in [0.1, 0.15) is 44.1 Å². The lowest BCUT2D eigenvalue weighted by Gasteiger charge is -2.36. The highest BCUT2D eigenvalue weighted by molar-refractivity contribution is 7.00. The van der Waals surface area contributed by atoms with Gasteiger partial charge in [0, 0.05) is 56.3 Å². The highest BCUT2D eigenvalue weighted by atomic mass is 15.2. The number of hydrogen-bond acceptors (Lipinski definition) is 2. The van der Waals surface area contributed by atoms with Crippen molar-refractivity contribution in [3.8, 4) is 11.4 Å². The molecular weight excluding hydrogens is 703 g/mol. The quantitative estimate of drug-likeness (QED) is 0.130. The zero-order valence-electron chi connectivity index (χ0n) is 33.4. The van der Waals surface area contributed by atoms with E-state index < -0.39 is 0 Å². The first-order valence-electron chi connectivity index (χ1n) is 21.0. The van der Waals surface area contributed by atoms with Crippen molar-refractivity contribution in [1.29, 1.82) is 0 Å². The summed E-state index contributed by atoms with van der Waals surface area (Å²) < 4.78 is 5.27. The van der Waals surface area contributed by atoms with E-state index in [4.69, 9.17) is 0 Å². The monoisotopic (exact) mass is 748 g/mol. The van der Waals surface area contributed by atoms with Crippen molar-refractivity contribution in [3.05, 3.63) is 187 Å². The van der Waals surface area contributed by atoms with E-state index in [-0.39, 0.29) is 6.71 Å². The minimum absolute atomic E-state index is 0.0804. The van der Waals surface area contributed by atoms with Crippen molar-refractivity contribution in [1.82, 2.24) is 9.13 Å². The predicted octanol–water partition coefficient (Wildman–Crippen LogP) is 11.7. The van der Waals surface area contributed by atoms with Crippen LogP contribution in [0.3, 0.4) is 0 Å². The molecule has 11 rings (SSSR count). The number of hydrogen-bond donors (Lipinski definition) is 0. The van der Waals surface area contributed by atoms with Crippen LogP contribution in [0.15, 0.2) is 170 Å². The largest absolute Gasteiger partial charge is 0.314 e. The molecule has 0 fully saturated rings. The van der Waals surface area contributed by atoms with Crippen LogP contribution in [0.4, 0.5) is 34.1 Å². The molecule has 4 heterocycles. The molecule has 2 aromatic heterocycles. The summed E-state index contributed by atoms with van der Waals surface area (Å²) in [6, 6.07) is 63.0. The number of benzene rings is 7. The Morgan fingerprint density at radius 2 is 0.828 bits per heavy atom. The maximum Gasteiger partial charge on any atom is 0.252 e. The Labute approximate surface area is 341 Å². The molecule has 2 aliphatic rings. The Morgan fingerprint density at radius 1 is 0.448 bits per heavy atom. The van der Waals surface area contributed by atoms with Crippen LogP contribution in [0.5, 0.6) is 0 Å². The minimum atomic E-state index is 0.0804. The Bertz CT molecular complexity index is 2710. The van der Waals surface area contributed by atoms with Crippen molar-refractivity contribution in [2.45, 2.75) is 46.5 Å². The van der Waals surface area contributed by atoms with Gasteiger partial charge in [-0.2, -0.15) is 0 Å². The van der Waals surface area contributed by atoms with E-state index in [1.54, 1.807) is 0 Å². The molecule has 0 unspecified atom stereocenters. The summed E-state index contributed by atoms with van der Waals surface area (Å²) in [5.41, 5.74) is 20.6. The van der Waals surface area contributed by atoms with Gasteiger partial charge in [-0.05, 0) is 126 Å². The average Bonchev–Trinajstić information content (AvgIpc) is 3.87. The number of para-hydroxylation sites is 4. The van der Waals surface area contributed by atoms with E-state index in [1.165, 1.54) is 77.9 Å². The second-order valence-electron chi connectivity index (χ2n) is 15.8. The Morgan fingerprint density at radius 3 is 1.17 bits per heavy atom. The molecule has 0 atom stereocenters. The van der Waals surface area contributed by atoms with Gasteiger partial charge in [-0.15, -0.1) is 0 Å². The third-order valence-corrected chi connectivity index (χ3v) is 12.5. The topological polar surface area (TPSA) is 16.3 Å². The van der Waals surface area contributed by atoms with E-state index in [2.05, 4.69) is 210 Å². The molecule has 280 valence electrons. The van der Waals surface area contributed by atoms with Gasteiger partial charge in [-0.25, -0.2) is 0 Å². The number of aromatic nitrogens is 2. The molecule has 0 saturated carbocycles. The van der Waals surface area contributed by atoms with Gasteiger partial charge in [-0.3, -0.25) is 0 Å². The summed E-state index contributed by atoms with van der Waals surface area (Å²) in [7, 11) is 0. The summed E-state index contributed by atoms with van der Waals surface area (Å²) in [4.78, 5) is 4.87. The summed E-state index contributed by atoms with van der Waals surface area (Å²) in [6.45, 7) is 7.00. The van der Waals surface area contributed by atoms with Crippen LogP contribution < -0.4 is 26.2 Å². The molecule has 0 saturated heterocycles. The molecule has 0 amide bonds. The van der Waals surface area contributed by atoms with Crippen molar-refractivity contribution in [2.75, 3.05) is 9.80 Å². The zero-order chi connectivity index (χ0) is 38.9. The third-order valence-electron chi connectivity index (χ3n) is 12.5. The van der Waals surface area contributed by atoms with E-state index in [9.17, 15) is 0 Å². The Hall–Kier alpha value is -6.72. The molecule has 0 bridgehead atoms. The van der Waals surface area contributed by atoms with Crippen LogP contribution >= 0.6 is 0 Å². The van der Waals surface area contributed by atoms with Gasteiger partial charge in [0.1, 0.15) is 0 Å². The first-order chi connectivity index (χ1) is 28.7. The molecule has 0 spiro atoms. The fourth-order valence-corrected chi connectivity index (χ4v) is 10.1. The van der Waals surface area contributed by atoms with Crippen molar-refractivity contribution >= 4 is 79.0 Å². The van der Waals surface area contributed by atoms with Gasteiger partial charge in [0.15, 0.2) is 0 Å². The predicted molar refractivity (Wildman–Crippen MR) is 247 cm³/mol. The highest BCUT2D eigenvalue weighted by Crippen LogP contribution is 2.45. The summed E-state index contributed by atoms with van der Waals surface area (Å²) >= 11 is 0. The molecule has 5 heteroatoms. The zero-order valence-corrected chi connectivity index (χ0v) is 33.4. The molecule has 2 aliphatic heterocycles. The normalized spacial score (nSPS) is 12.3. The van der Waals surface area contributed by atoms with E-state index in [0.29, 0.717) is 0 Å². The standard InChI is InChI=1S/C53H45BN4/c1-4-19-36-32-49-51-50(33-36)58-38(6-3)35-44-48(56(41-24-15-9-16-25-41)42-26-17-10-18-27-42)31-29-46(53(44)58)54(51)45-28-30-47(43-34-37(5-2)57(49)52(43)45)55(39-20-11-7-12-21-39)40-22-13-8-14-23-40/h7-18,20-35H,4-6,19H2,1-3H3. The van der Waals surface area contributed by atoms with Crippen LogP contribution in [0, 0.1) is 0 Å². The first kappa shape index (κ1) is 34.5. The highest BCUT2D eigenvalue weighted by Gasteiger charge is 2.42. The minimum Gasteiger partial charge on any atom is -0.314 e. The fourth-order valence-electron chi connectivity index (χ4n) is 10.1. The van der Waals surface area contributed by atoms with Gasteiger partial charge in [0.05, 0.1) is 22.4 Å². The first-order valence-corrected chi connectivity index (χ1v) is 21.0. The van der Waals surface area contributed by atoms with Crippen molar-refractivity contribution in [3.63, 3.8) is 0 Å². The average molecular weight is 749 g/mol. The SMILES string of the molecule is CCCc1cc2c3c(c1)-n1c(CC)cc4c(N(c5ccccc5)c5ccccc5)ccc(c41)B3c1ccc(N(c3ccccc3)c3ccccc3)c3cc(CC)n-2c13. The van der Waals surface area contributed by atoms with Crippen molar-refractivity contribution < 1.29 is 0 Å². The number of rotatable bonds is 10. The van der Waals surface area contributed by atoms with Gasteiger partial charge >= 0.3 is 0 Å². The number of aryl methyl sites for hydroxylation is 3. The molecule has 0 aliphatic carbocycles. The fraction of sp³-hybridized carbons (Fsp3) is 0.132. The molecule has 0 radical (unpaired) electrons. The van der Waals surface area contributed by atoms with Gasteiger partial charge in [0.25, 0.3) is 6.71 Å². The van der Waals surface area contributed by atoms with Gasteiger partial charge in [0.2, 0.25) is 0 Å². The molecule has 9 aromatic rings. The lowest BCUT2D eigenvalue weighted by molar-refractivity contribution is 0.902. The number of nitrogens with zero attached hydrogens (tertiary/aromatic N) is 4. The van der Waals surface area contributed by atoms with Gasteiger partial charge in [-0.1, -0.05) is 112 Å². The maximum atomic E-state index is 2.63. The van der Waals surface area contributed by atoms with Crippen molar-refractivity contribution in [2.24, 2.45) is 0 Å². The second kappa shape index (κ2) is 13.7. The molecule has 58 heavy (non-hydrogen) atoms. The second-order valence-corrected chi connectivity index (χ2v) is 15.8. The molecule has 7 aromatic carbocycles. The van der Waals surface area contributed by atoms with E-state index >= 15 is 0 Å². The van der Waals surface area contributed by atoms with Crippen LogP contribution in [0.2, 0.25) is 0 Å². The lowest BCUT2D eigenvalue weighted by Crippen LogP contribution is -2.59. The van der Waals surface area contributed by atoms with Crippen LogP contribution in [-0.2, 0) is 19.3 Å². The molecule has 0 N–H and O–H groups in total. The lowest BCUT2D eigenvalue weighted by atomic mass is 9.34. The smallest absolute Gasteiger partial charge is 0.252 e.